The fourth-order valence-electron chi connectivity index (χ4n) is 3.68. The van der Waals surface area contributed by atoms with Crippen LogP contribution < -0.4 is 15.0 Å². The minimum Gasteiger partial charge on any atom is -0.496 e. The van der Waals surface area contributed by atoms with Crippen LogP contribution in [0.15, 0.2) is 34.4 Å². The van der Waals surface area contributed by atoms with Gasteiger partial charge in [0.1, 0.15) is 10.4 Å². The van der Waals surface area contributed by atoms with Gasteiger partial charge in [0.25, 0.3) is 5.56 Å². The zero-order valence-corrected chi connectivity index (χ0v) is 17.0. The first-order valence-electron chi connectivity index (χ1n) is 8.94. The van der Waals surface area contributed by atoms with Crippen molar-refractivity contribution in [2.24, 2.45) is 5.92 Å². The molecule has 2 aromatic heterocycles. The summed E-state index contributed by atoms with van der Waals surface area (Å²) in [4.78, 5) is 17.5. The van der Waals surface area contributed by atoms with Crippen molar-refractivity contribution in [2.45, 2.75) is 0 Å². The molecule has 0 amide bonds. The Balaban J connectivity index is 1.57. The lowest BCUT2D eigenvalue weighted by Crippen LogP contribution is -2.50. The van der Waals surface area contributed by atoms with Crippen molar-refractivity contribution in [1.29, 1.82) is 0 Å². The Kier molecular flexibility index (Phi) is 5.49. The standard InChI is InChI=1S/C19H21N3O4S2/c1-26-16-5-4-15-17(14-6-8-27-18(14)19(23)21-15)13(16)3-2-7-22-10-12(11-22)9-20-28(24)25/h2-6,8,12,28H,7,9-11H2,1H3,(H,21,23)(H,20,24,25)/b3-2+. The fraction of sp³-hybridized carbons (Fsp3) is 0.316. The number of ether oxygens (including phenoxy) is 1. The van der Waals surface area contributed by atoms with E-state index in [9.17, 15) is 13.2 Å². The van der Waals surface area contributed by atoms with Gasteiger partial charge in [0.05, 0.1) is 7.11 Å². The molecule has 9 heteroatoms. The number of aromatic nitrogens is 1. The number of methoxy groups -OCH3 is 1. The van der Waals surface area contributed by atoms with Crippen molar-refractivity contribution in [3.8, 4) is 5.75 Å². The number of pyridine rings is 1. The number of fused-ring (bicyclic) bond motifs is 3. The lowest BCUT2D eigenvalue weighted by molar-refractivity contribution is 0.119. The molecule has 3 aromatic rings. The summed E-state index contributed by atoms with van der Waals surface area (Å²) in [6, 6.07) is 5.71. The molecule has 0 aliphatic carbocycles. The normalized spacial score (nSPS) is 15.8. The maximum Gasteiger partial charge on any atom is 0.266 e. The monoisotopic (exact) mass is 419 g/mol. The number of H-pyrrole nitrogens is 1. The molecule has 3 heterocycles. The average Bonchev–Trinajstić information content (AvgIpc) is 3.13. The van der Waals surface area contributed by atoms with Crippen molar-refractivity contribution in [1.82, 2.24) is 14.6 Å². The van der Waals surface area contributed by atoms with E-state index in [-0.39, 0.29) is 5.56 Å². The van der Waals surface area contributed by atoms with Crippen LogP contribution in [0.4, 0.5) is 0 Å². The third-order valence-corrected chi connectivity index (χ3v) is 6.36. The first-order valence-corrected chi connectivity index (χ1v) is 11.0. The van der Waals surface area contributed by atoms with Crippen LogP contribution in [0.25, 0.3) is 27.1 Å². The van der Waals surface area contributed by atoms with Gasteiger partial charge in [0, 0.05) is 48.0 Å². The van der Waals surface area contributed by atoms with Crippen LogP contribution in [0.5, 0.6) is 5.75 Å². The molecule has 1 aliphatic heterocycles. The van der Waals surface area contributed by atoms with Crippen LogP contribution in [-0.4, -0.2) is 51.6 Å². The predicted molar refractivity (Wildman–Crippen MR) is 114 cm³/mol. The van der Waals surface area contributed by atoms with E-state index in [2.05, 4.69) is 20.7 Å². The molecule has 1 aromatic carbocycles. The van der Waals surface area contributed by atoms with Crippen molar-refractivity contribution in [2.75, 3.05) is 33.3 Å². The second-order valence-corrected chi connectivity index (χ2v) is 8.57. The summed E-state index contributed by atoms with van der Waals surface area (Å²) < 4.78 is 29.9. The van der Waals surface area contributed by atoms with Crippen molar-refractivity contribution in [3.63, 3.8) is 0 Å². The van der Waals surface area contributed by atoms with Crippen LogP contribution in [-0.2, 0) is 10.9 Å². The van der Waals surface area contributed by atoms with Crippen molar-refractivity contribution >= 4 is 49.3 Å². The number of nitrogens with zero attached hydrogens (tertiary/aromatic N) is 1. The molecular weight excluding hydrogens is 398 g/mol. The van der Waals surface area contributed by atoms with E-state index in [4.69, 9.17) is 4.74 Å². The highest BCUT2D eigenvalue weighted by molar-refractivity contribution is 7.70. The molecule has 148 valence electrons. The smallest absolute Gasteiger partial charge is 0.266 e. The van der Waals surface area contributed by atoms with Gasteiger partial charge in [-0.3, -0.25) is 9.69 Å². The summed E-state index contributed by atoms with van der Waals surface area (Å²) in [6.07, 6.45) is 4.12. The van der Waals surface area contributed by atoms with E-state index >= 15 is 0 Å². The number of nitrogens with one attached hydrogen (secondary N) is 2. The first-order chi connectivity index (χ1) is 13.6. The Morgan fingerprint density at radius 3 is 2.93 bits per heavy atom. The number of thiophene rings is 1. The van der Waals surface area contributed by atoms with Crippen LogP contribution in [0.2, 0.25) is 0 Å². The Morgan fingerprint density at radius 2 is 2.18 bits per heavy atom. The molecule has 1 fully saturated rings. The quantitative estimate of drug-likeness (QED) is 0.508. The zero-order valence-electron chi connectivity index (χ0n) is 15.3. The molecule has 0 spiro atoms. The van der Waals surface area contributed by atoms with E-state index in [1.165, 1.54) is 11.3 Å². The van der Waals surface area contributed by atoms with E-state index < -0.39 is 10.9 Å². The minimum absolute atomic E-state index is 0.0716. The van der Waals surface area contributed by atoms with Gasteiger partial charge in [-0.05, 0) is 29.5 Å². The highest BCUT2D eigenvalue weighted by atomic mass is 32.2. The molecular formula is C19H21N3O4S2. The van der Waals surface area contributed by atoms with Gasteiger partial charge in [0.2, 0.25) is 10.9 Å². The summed E-state index contributed by atoms with van der Waals surface area (Å²) in [5.74, 6) is 1.12. The van der Waals surface area contributed by atoms with Gasteiger partial charge in [0.15, 0.2) is 0 Å². The number of hydrogen-bond donors (Lipinski definition) is 3. The summed E-state index contributed by atoms with van der Waals surface area (Å²) in [6.45, 7) is 3.01. The van der Waals surface area contributed by atoms with Gasteiger partial charge >= 0.3 is 0 Å². The third-order valence-electron chi connectivity index (χ3n) is 5.00. The lowest BCUT2D eigenvalue weighted by atomic mass is 10.0. The van der Waals surface area contributed by atoms with E-state index in [0.717, 1.165) is 47.2 Å². The second kappa shape index (κ2) is 8.04. The van der Waals surface area contributed by atoms with Crippen molar-refractivity contribution < 1.29 is 13.2 Å². The number of rotatable bonds is 7. The average molecular weight is 420 g/mol. The molecule has 0 bridgehead atoms. The molecule has 7 nitrogen and oxygen atoms in total. The summed E-state index contributed by atoms with van der Waals surface area (Å²) >= 11 is 1.43. The van der Waals surface area contributed by atoms with Crippen LogP contribution in [0, 0.1) is 5.92 Å². The molecule has 28 heavy (non-hydrogen) atoms. The predicted octanol–water partition coefficient (Wildman–Crippen LogP) is 1.81. The van der Waals surface area contributed by atoms with Crippen LogP contribution in [0.3, 0.4) is 0 Å². The van der Waals surface area contributed by atoms with E-state index in [1.807, 2.05) is 29.7 Å². The lowest BCUT2D eigenvalue weighted by Gasteiger charge is -2.38. The maximum absolute atomic E-state index is 12.3. The van der Waals surface area contributed by atoms with Crippen LogP contribution >= 0.6 is 11.3 Å². The number of benzene rings is 1. The van der Waals surface area contributed by atoms with Gasteiger partial charge in [-0.2, -0.15) is 0 Å². The highest BCUT2D eigenvalue weighted by Gasteiger charge is 2.25. The number of hydrogen-bond acceptors (Lipinski definition) is 6. The largest absolute Gasteiger partial charge is 0.496 e. The summed E-state index contributed by atoms with van der Waals surface area (Å²) in [5.41, 5.74) is 1.66. The Labute approximate surface area is 167 Å². The Hall–Kier alpha value is -2.20. The number of likely N-dealkylation sites (tertiary alicyclic amines) is 1. The van der Waals surface area contributed by atoms with Gasteiger partial charge in [-0.1, -0.05) is 12.2 Å². The molecule has 0 atom stereocenters. The topological polar surface area (TPSA) is 91.5 Å². The Morgan fingerprint density at radius 1 is 1.36 bits per heavy atom. The van der Waals surface area contributed by atoms with E-state index in [1.54, 1.807) is 7.11 Å². The highest BCUT2D eigenvalue weighted by Crippen LogP contribution is 2.34. The maximum atomic E-state index is 12.3. The van der Waals surface area contributed by atoms with Crippen molar-refractivity contribution in [3.05, 3.63) is 45.6 Å². The second-order valence-electron chi connectivity index (χ2n) is 6.83. The Bertz CT molecular complexity index is 1170. The summed E-state index contributed by atoms with van der Waals surface area (Å²) in [7, 11) is -0.875. The molecule has 4 rings (SSSR count). The molecule has 1 aliphatic rings. The number of aromatic amines is 1. The molecule has 1 saturated heterocycles. The number of thiol groups is 1. The SMILES string of the molecule is COc1ccc2[nH]c(=O)c3sccc3c2c1/C=C/CN1CC(CN[SH](=O)=O)C1. The first kappa shape index (κ1) is 19.1. The molecule has 0 radical (unpaired) electrons. The molecule has 2 N–H and O–H groups in total. The molecule has 0 unspecified atom stereocenters. The van der Waals surface area contributed by atoms with Gasteiger partial charge in [-0.25, -0.2) is 13.1 Å². The van der Waals surface area contributed by atoms with Gasteiger partial charge < -0.3 is 9.72 Å². The third kappa shape index (κ3) is 3.70. The van der Waals surface area contributed by atoms with Gasteiger partial charge in [-0.15, -0.1) is 11.3 Å². The van der Waals surface area contributed by atoms with E-state index in [0.29, 0.717) is 17.2 Å². The fourth-order valence-corrected chi connectivity index (χ4v) is 4.88. The van der Waals surface area contributed by atoms with Crippen LogP contribution in [0.1, 0.15) is 5.56 Å². The molecule has 0 saturated carbocycles. The minimum atomic E-state index is -2.52. The summed E-state index contributed by atoms with van der Waals surface area (Å²) in [5, 5.41) is 3.84. The zero-order chi connectivity index (χ0) is 19.7.